The molecule has 1 fully saturated rings. The Balaban J connectivity index is 1.81. The molecule has 1 amide bonds. The number of pyridine rings is 1. The van der Waals surface area contributed by atoms with Crippen LogP contribution in [0.25, 0.3) is 5.82 Å². The van der Waals surface area contributed by atoms with Crippen LogP contribution in [-0.4, -0.2) is 27.2 Å². The maximum Gasteiger partial charge on any atom is 0.227 e. The first-order valence-corrected chi connectivity index (χ1v) is 7.25. The molecule has 2 heterocycles. The molecule has 3 rings (SSSR count). The standard InChI is InChI=1S/C15H19N5O/c16-10-11-4-1-5-12(11)15(21)19-13-6-2-7-17-14(13)20-9-3-8-18-20/h2-3,6-9,11-12H,1,4-5,10,16H2,(H,19,21)/t11-,12-/m1/s1. The van der Waals surface area contributed by atoms with Gasteiger partial charge in [-0.05, 0) is 43.5 Å². The Labute approximate surface area is 123 Å². The van der Waals surface area contributed by atoms with Crippen molar-refractivity contribution >= 4 is 11.6 Å². The van der Waals surface area contributed by atoms with E-state index in [4.69, 9.17) is 5.73 Å². The van der Waals surface area contributed by atoms with E-state index in [0.717, 1.165) is 19.3 Å². The molecule has 110 valence electrons. The number of nitrogens with one attached hydrogen (secondary N) is 1. The first-order chi connectivity index (χ1) is 10.3. The zero-order valence-corrected chi connectivity index (χ0v) is 11.8. The Morgan fingerprint density at radius 2 is 2.29 bits per heavy atom. The van der Waals surface area contributed by atoms with Crippen LogP contribution >= 0.6 is 0 Å². The molecule has 1 aliphatic carbocycles. The van der Waals surface area contributed by atoms with Gasteiger partial charge < -0.3 is 11.1 Å². The highest BCUT2D eigenvalue weighted by molar-refractivity contribution is 5.94. The minimum Gasteiger partial charge on any atom is -0.330 e. The van der Waals surface area contributed by atoms with Crippen LogP contribution in [0.15, 0.2) is 36.8 Å². The molecule has 0 saturated heterocycles. The van der Waals surface area contributed by atoms with Crippen molar-refractivity contribution in [2.75, 3.05) is 11.9 Å². The SMILES string of the molecule is NC[C@H]1CCC[C@H]1C(=O)Nc1cccnc1-n1cccn1. The first-order valence-electron chi connectivity index (χ1n) is 7.25. The van der Waals surface area contributed by atoms with Gasteiger partial charge in [0.2, 0.25) is 5.91 Å². The normalized spacial score (nSPS) is 21.4. The summed E-state index contributed by atoms with van der Waals surface area (Å²) in [5, 5.41) is 7.15. The van der Waals surface area contributed by atoms with E-state index in [2.05, 4.69) is 15.4 Å². The van der Waals surface area contributed by atoms with Crippen LogP contribution in [0.1, 0.15) is 19.3 Å². The average molecular weight is 285 g/mol. The molecule has 0 unspecified atom stereocenters. The van der Waals surface area contributed by atoms with Crippen molar-refractivity contribution in [3.05, 3.63) is 36.8 Å². The fourth-order valence-electron chi connectivity index (χ4n) is 2.96. The summed E-state index contributed by atoms with van der Waals surface area (Å²) in [6, 6.07) is 5.47. The second-order valence-corrected chi connectivity index (χ2v) is 5.35. The molecule has 21 heavy (non-hydrogen) atoms. The van der Waals surface area contributed by atoms with Crippen molar-refractivity contribution in [2.24, 2.45) is 17.6 Å². The van der Waals surface area contributed by atoms with Crippen molar-refractivity contribution in [1.82, 2.24) is 14.8 Å². The molecule has 1 saturated carbocycles. The lowest BCUT2D eigenvalue weighted by Gasteiger charge is -2.18. The molecule has 0 radical (unpaired) electrons. The maximum absolute atomic E-state index is 12.5. The van der Waals surface area contributed by atoms with E-state index >= 15 is 0 Å². The monoisotopic (exact) mass is 285 g/mol. The lowest BCUT2D eigenvalue weighted by atomic mass is 9.95. The summed E-state index contributed by atoms with van der Waals surface area (Å²) >= 11 is 0. The zero-order valence-electron chi connectivity index (χ0n) is 11.8. The molecule has 2 atom stereocenters. The highest BCUT2D eigenvalue weighted by atomic mass is 16.1. The second-order valence-electron chi connectivity index (χ2n) is 5.35. The van der Waals surface area contributed by atoms with E-state index in [9.17, 15) is 4.79 Å². The molecular formula is C15H19N5O. The topological polar surface area (TPSA) is 85.8 Å². The largest absolute Gasteiger partial charge is 0.330 e. The number of carbonyl (C=O) groups excluding carboxylic acids is 1. The van der Waals surface area contributed by atoms with Crippen LogP contribution in [0.4, 0.5) is 5.69 Å². The number of nitrogens with two attached hydrogens (primary N) is 1. The number of hydrogen-bond donors (Lipinski definition) is 2. The molecule has 0 spiro atoms. The summed E-state index contributed by atoms with van der Waals surface area (Å²) in [5.74, 6) is 0.943. The average Bonchev–Trinajstić information content (AvgIpc) is 3.19. The Hall–Kier alpha value is -2.21. The molecule has 2 aromatic heterocycles. The van der Waals surface area contributed by atoms with Gasteiger partial charge in [-0.3, -0.25) is 4.79 Å². The van der Waals surface area contributed by atoms with Crippen LogP contribution in [0, 0.1) is 11.8 Å². The van der Waals surface area contributed by atoms with Crippen LogP contribution in [0.3, 0.4) is 0 Å². The van der Waals surface area contributed by atoms with Gasteiger partial charge in [-0.15, -0.1) is 0 Å². The number of amides is 1. The molecule has 6 nitrogen and oxygen atoms in total. The molecule has 3 N–H and O–H groups in total. The number of carbonyl (C=O) groups is 1. The molecule has 0 bridgehead atoms. The third-order valence-electron chi connectivity index (χ3n) is 4.06. The van der Waals surface area contributed by atoms with Crippen LogP contribution in [-0.2, 0) is 4.79 Å². The number of hydrogen-bond acceptors (Lipinski definition) is 4. The minimum absolute atomic E-state index is 0.000627. The highest BCUT2D eigenvalue weighted by Gasteiger charge is 2.32. The number of anilines is 1. The fraction of sp³-hybridized carbons (Fsp3) is 0.400. The number of aromatic nitrogens is 3. The summed E-state index contributed by atoms with van der Waals surface area (Å²) in [4.78, 5) is 16.8. The van der Waals surface area contributed by atoms with Gasteiger partial charge in [-0.2, -0.15) is 5.10 Å². The molecule has 0 aromatic carbocycles. The van der Waals surface area contributed by atoms with Crippen LogP contribution in [0.2, 0.25) is 0 Å². The van der Waals surface area contributed by atoms with E-state index in [0.29, 0.717) is 18.1 Å². The molecule has 2 aromatic rings. The Morgan fingerprint density at radius 3 is 3.05 bits per heavy atom. The van der Waals surface area contributed by atoms with E-state index in [1.54, 1.807) is 29.3 Å². The number of rotatable bonds is 4. The quantitative estimate of drug-likeness (QED) is 0.893. The molecule has 6 heteroatoms. The van der Waals surface area contributed by atoms with Gasteiger partial charge in [0.15, 0.2) is 5.82 Å². The van der Waals surface area contributed by atoms with E-state index in [1.165, 1.54) is 0 Å². The third kappa shape index (κ3) is 2.80. The fourth-order valence-corrected chi connectivity index (χ4v) is 2.96. The third-order valence-corrected chi connectivity index (χ3v) is 4.06. The lowest BCUT2D eigenvalue weighted by Crippen LogP contribution is -2.30. The predicted molar refractivity (Wildman–Crippen MR) is 79.9 cm³/mol. The summed E-state index contributed by atoms with van der Waals surface area (Å²) < 4.78 is 1.64. The zero-order chi connectivity index (χ0) is 14.7. The molecular weight excluding hydrogens is 266 g/mol. The second kappa shape index (κ2) is 6.05. The summed E-state index contributed by atoms with van der Waals surface area (Å²) in [6.45, 7) is 0.567. The van der Waals surface area contributed by atoms with Crippen molar-refractivity contribution in [3.63, 3.8) is 0 Å². The highest BCUT2D eigenvalue weighted by Crippen LogP contribution is 2.32. The van der Waals surface area contributed by atoms with Gasteiger partial charge >= 0.3 is 0 Å². The van der Waals surface area contributed by atoms with E-state index < -0.39 is 0 Å². The summed E-state index contributed by atoms with van der Waals surface area (Å²) in [5.41, 5.74) is 6.43. The summed E-state index contributed by atoms with van der Waals surface area (Å²) in [7, 11) is 0. The minimum atomic E-state index is 0.000627. The van der Waals surface area contributed by atoms with Crippen molar-refractivity contribution in [1.29, 1.82) is 0 Å². The lowest BCUT2D eigenvalue weighted by molar-refractivity contribution is -0.120. The number of nitrogens with zero attached hydrogens (tertiary/aromatic N) is 3. The van der Waals surface area contributed by atoms with Gasteiger partial charge in [0.25, 0.3) is 0 Å². The van der Waals surface area contributed by atoms with Crippen molar-refractivity contribution in [2.45, 2.75) is 19.3 Å². The van der Waals surface area contributed by atoms with Gasteiger partial charge in [0, 0.05) is 24.5 Å². The Kier molecular flexibility index (Phi) is 3.96. The first kappa shape index (κ1) is 13.8. The van der Waals surface area contributed by atoms with Crippen molar-refractivity contribution < 1.29 is 4.79 Å². The van der Waals surface area contributed by atoms with E-state index in [1.807, 2.05) is 12.1 Å². The van der Waals surface area contributed by atoms with Crippen LogP contribution in [0.5, 0.6) is 0 Å². The Morgan fingerprint density at radius 1 is 1.38 bits per heavy atom. The van der Waals surface area contributed by atoms with Crippen molar-refractivity contribution in [3.8, 4) is 5.82 Å². The smallest absolute Gasteiger partial charge is 0.227 e. The van der Waals surface area contributed by atoms with Gasteiger partial charge in [-0.25, -0.2) is 9.67 Å². The van der Waals surface area contributed by atoms with Gasteiger partial charge in [-0.1, -0.05) is 6.42 Å². The molecule has 1 aliphatic rings. The maximum atomic E-state index is 12.5. The summed E-state index contributed by atoms with van der Waals surface area (Å²) in [6.07, 6.45) is 8.18. The van der Waals surface area contributed by atoms with E-state index in [-0.39, 0.29) is 17.7 Å². The van der Waals surface area contributed by atoms with Gasteiger partial charge in [0.05, 0.1) is 5.69 Å². The molecule has 0 aliphatic heterocycles. The predicted octanol–water partition coefficient (Wildman–Crippen LogP) is 1.58. The van der Waals surface area contributed by atoms with Gasteiger partial charge in [0.1, 0.15) is 0 Å². The van der Waals surface area contributed by atoms with Crippen LogP contribution < -0.4 is 11.1 Å². The Bertz CT molecular complexity index is 610.